The minimum atomic E-state index is -4.56. The summed E-state index contributed by atoms with van der Waals surface area (Å²) in [6, 6.07) is 7.46. The molecule has 146 valence electrons. The number of ether oxygens (including phenoxy) is 1. The molecule has 1 aliphatic carbocycles. The molecule has 0 amide bonds. The molecular weight excluding hydrogens is 423 g/mol. The van der Waals surface area contributed by atoms with E-state index in [1.165, 1.54) is 0 Å². The fourth-order valence-electron chi connectivity index (χ4n) is 3.20. The van der Waals surface area contributed by atoms with Gasteiger partial charge in [0.25, 0.3) is 0 Å². The molecule has 1 fully saturated rings. The van der Waals surface area contributed by atoms with Crippen LogP contribution in [0.4, 0.5) is 24.8 Å². The second-order valence-corrected chi connectivity index (χ2v) is 7.40. The quantitative estimate of drug-likeness (QED) is 0.557. The molecule has 1 aromatic heterocycles. The summed E-state index contributed by atoms with van der Waals surface area (Å²) in [5, 5.41) is 0. The highest BCUT2D eigenvalue weighted by atomic mass is 79.9. The van der Waals surface area contributed by atoms with Gasteiger partial charge in [-0.05, 0) is 50.8 Å². The molecule has 0 N–H and O–H groups in total. The number of halogens is 4. The van der Waals surface area contributed by atoms with Crippen molar-refractivity contribution in [3.8, 4) is 5.88 Å². The number of nitrogens with zero attached hydrogens (tertiary/aromatic N) is 3. The van der Waals surface area contributed by atoms with Gasteiger partial charge in [-0.3, -0.25) is 0 Å². The average molecular weight is 444 g/mol. The Hall–Kier alpha value is -1.83. The Morgan fingerprint density at radius 3 is 2.59 bits per heavy atom. The molecule has 4 nitrogen and oxygen atoms in total. The number of aromatic nitrogens is 2. The Morgan fingerprint density at radius 1 is 1.22 bits per heavy atom. The summed E-state index contributed by atoms with van der Waals surface area (Å²) in [5.41, 5.74) is -0.141. The highest BCUT2D eigenvalue weighted by Gasteiger charge is 2.37. The lowest BCUT2D eigenvalue weighted by Crippen LogP contribution is -2.24. The van der Waals surface area contributed by atoms with Crippen LogP contribution in [0.2, 0.25) is 0 Å². The summed E-state index contributed by atoms with van der Waals surface area (Å²) in [4.78, 5) is 9.89. The van der Waals surface area contributed by atoms with Crippen LogP contribution in [-0.4, -0.2) is 22.6 Å². The third kappa shape index (κ3) is 4.91. The molecule has 1 aromatic carbocycles. The fourth-order valence-corrected chi connectivity index (χ4v) is 3.58. The van der Waals surface area contributed by atoms with Crippen LogP contribution in [0.25, 0.3) is 0 Å². The van der Waals surface area contributed by atoms with E-state index in [0.717, 1.165) is 48.5 Å². The van der Waals surface area contributed by atoms with E-state index in [1.54, 1.807) is 4.90 Å². The first-order valence-corrected chi connectivity index (χ1v) is 9.81. The third-order valence-corrected chi connectivity index (χ3v) is 5.05. The van der Waals surface area contributed by atoms with E-state index in [1.807, 2.05) is 31.2 Å². The molecule has 1 heterocycles. The Bertz CT molecular complexity index is 779. The highest BCUT2D eigenvalue weighted by Crippen LogP contribution is 2.37. The normalized spacial score (nSPS) is 15.6. The number of alkyl halides is 3. The van der Waals surface area contributed by atoms with Crippen molar-refractivity contribution in [3.63, 3.8) is 0 Å². The smallest absolute Gasteiger partial charge is 0.423 e. The van der Waals surface area contributed by atoms with E-state index < -0.39 is 11.7 Å². The number of hydrogen-bond acceptors (Lipinski definition) is 4. The lowest BCUT2D eigenvalue weighted by molar-refractivity contribution is -0.140. The first-order chi connectivity index (χ1) is 12.9. The largest absolute Gasteiger partial charge is 0.474 e. The van der Waals surface area contributed by atoms with Gasteiger partial charge in [-0.15, -0.1) is 0 Å². The van der Waals surface area contributed by atoms with Gasteiger partial charge in [-0.2, -0.15) is 18.2 Å². The van der Waals surface area contributed by atoms with Gasteiger partial charge in [0.15, 0.2) is 0 Å². The van der Waals surface area contributed by atoms with Crippen molar-refractivity contribution in [3.05, 3.63) is 40.5 Å². The first-order valence-electron chi connectivity index (χ1n) is 9.02. The lowest BCUT2D eigenvalue weighted by Gasteiger charge is -2.26. The van der Waals surface area contributed by atoms with Gasteiger partial charge in [-0.25, -0.2) is 4.98 Å². The Morgan fingerprint density at radius 2 is 1.96 bits per heavy atom. The van der Waals surface area contributed by atoms with Gasteiger partial charge >= 0.3 is 6.18 Å². The van der Waals surface area contributed by atoms with Crippen molar-refractivity contribution in [1.29, 1.82) is 0 Å². The van der Waals surface area contributed by atoms with Crippen molar-refractivity contribution < 1.29 is 17.9 Å². The van der Waals surface area contributed by atoms with Crippen LogP contribution in [0, 0.1) is 0 Å². The predicted molar refractivity (Wildman–Crippen MR) is 101 cm³/mol. The molecule has 0 atom stereocenters. The maximum absolute atomic E-state index is 13.4. The highest BCUT2D eigenvalue weighted by molar-refractivity contribution is 9.10. The summed E-state index contributed by atoms with van der Waals surface area (Å²) in [5.74, 6) is -0.192. The maximum Gasteiger partial charge on any atom is 0.423 e. The van der Waals surface area contributed by atoms with E-state index in [-0.39, 0.29) is 17.9 Å². The molecule has 0 radical (unpaired) electrons. The summed E-state index contributed by atoms with van der Waals surface area (Å²) < 4.78 is 46.8. The SMILES string of the molecule is CCN(c1cccc(Br)c1)c1ncc(C(F)(F)F)c(OC2CCCCC2)n1. The molecule has 27 heavy (non-hydrogen) atoms. The number of benzene rings is 1. The molecule has 8 heteroatoms. The number of rotatable bonds is 5. The van der Waals surface area contributed by atoms with Crippen molar-refractivity contribution in [1.82, 2.24) is 9.97 Å². The number of hydrogen-bond donors (Lipinski definition) is 0. The van der Waals surface area contributed by atoms with Gasteiger partial charge in [0.2, 0.25) is 11.8 Å². The van der Waals surface area contributed by atoms with Crippen LogP contribution in [0.1, 0.15) is 44.6 Å². The molecule has 2 aromatic rings. The molecule has 0 spiro atoms. The third-order valence-electron chi connectivity index (χ3n) is 4.55. The molecule has 0 aliphatic heterocycles. The van der Waals surface area contributed by atoms with Crippen LogP contribution in [-0.2, 0) is 6.18 Å². The molecule has 3 rings (SSSR count). The van der Waals surface area contributed by atoms with Crippen LogP contribution in [0.3, 0.4) is 0 Å². The lowest BCUT2D eigenvalue weighted by atomic mass is 9.98. The summed E-state index contributed by atoms with van der Waals surface area (Å²) in [7, 11) is 0. The molecular formula is C19H21BrF3N3O. The van der Waals surface area contributed by atoms with Crippen LogP contribution in [0.5, 0.6) is 5.88 Å². The van der Waals surface area contributed by atoms with Crippen molar-refractivity contribution in [2.75, 3.05) is 11.4 Å². The van der Waals surface area contributed by atoms with Crippen LogP contribution < -0.4 is 9.64 Å². The molecule has 0 unspecified atom stereocenters. The molecule has 1 aliphatic rings. The topological polar surface area (TPSA) is 38.2 Å². The molecule has 0 bridgehead atoms. The minimum absolute atomic E-state index is 0.189. The Kier molecular flexibility index (Phi) is 6.24. The summed E-state index contributed by atoms with van der Waals surface area (Å²) in [6.45, 7) is 2.40. The van der Waals surface area contributed by atoms with E-state index in [9.17, 15) is 13.2 Å². The summed E-state index contributed by atoms with van der Waals surface area (Å²) in [6.07, 6.45) is 0.541. The zero-order chi connectivity index (χ0) is 19.4. The standard InChI is InChI=1S/C19H21BrF3N3O/c1-2-26(14-8-6-7-13(20)11-14)18-24-12-16(19(21,22)23)17(25-18)27-15-9-4-3-5-10-15/h6-8,11-12,15H,2-5,9-10H2,1H3. The van der Waals surface area contributed by atoms with Crippen molar-refractivity contribution in [2.24, 2.45) is 0 Å². The van der Waals surface area contributed by atoms with Gasteiger partial charge in [0.05, 0.1) is 0 Å². The first kappa shape index (κ1) is 19.9. The molecule has 0 saturated heterocycles. The maximum atomic E-state index is 13.4. The van der Waals surface area contributed by atoms with Gasteiger partial charge in [0.1, 0.15) is 11.7 Å². The average Bonchev–Trinajstić information content (AvgIpc) is 2.62. The van der Waals surface area contributed by atoms with Gasteiger partial charge < -0.3 is 9.64 Å². The van der Waals surface area contributed by atoms with E-state index in [2.05, 4.69) is 25.9 Å². The molecule has 1 saturated carbocycles. The van der Waals surface area contributed by atoms with Crippen molar-refractivity contribution >= 4 is 27.6 Å². The second-order valence-electron chi connectivity index (χ2n) is 6.49. The van der Waals surface area contributed by atoms with E-state index >= 15 is 0 Å². The zero-order valence-electron chi connectivity index (χ0n) is 15.0. The van der Waals surface area contributed by atoms with E-state index in [4.69, 9.17) is 4.74 Å². The van der Waals surface area contributed by atoms with Gasteiger partial charge in [-0.1, -0.05) is 28.4 Å². The number of anilines is 2. The van der Waals surface area contributed by atoms with Crippen LogP contribution in [0.15, 0.2) is 34.9 Å². The summed E-state index contributed by atoms with van der Waals surface area (Å²) >= 11 is 3.41. The fraction of sp³-hybridized carbons (Fsp3) is 0.474. The van der Waals surface area contributed by atoms with Crippen LogP contribution >= 0.6 is 15.9 Å². The second kappa shape index (κ2) is 8.46. The van der Waals surface area contributed by atoms with E-state index in [0.29, 0.717) is 6.54 Å². The minimum Gasteiger partial charge on any atom is -0.474 e. The van der Waals surface area contributed by atoms with Crippen molar-refractivity contribution in [2.45, 2.75) is 51.3 Å². The van der Waals surface area contributed by atoms with Gasteiger partial charge in [0, 0.05) is 22.9 Å². The monoisotopic (exact) mass is 443 g/mol. The Balaban J connectivity index is 1.97. The Labute approximate surface area is 164 Å². The zero-order valence-corrected chi connectivity index (χ0v) is 16.6. The predicted octanol–water partition coefficient (Wildman–Crippen LogP) is 6.13.